The number of nitrogens with two attached hydrogens (primary N) is 2. The SMILES string of the molecule is CSCC[C@@H](N)C(=O)N(CC(N)=O)CC(C)C. The Hall–Kier alpha value is -0.750. The highest BCUT2D eigenvalue weighted by Gasteiger charge is 2.22. The fraction of sp³-hybridized carbons (Fsp3) is 0.818. The summed E-state index contributed by atoms with van der Waals surface area (Å²) in [6.07, 6.45) is 2.58. The van der Waals surface area contributed by atoms with Crippen LogP contribution in [0.1, 0.15) is 20.3 Å². The average Bonchev–Trinajstić information content (AvgIpc) is 2.22. The van der Waals surface area contributed by atoms with Gasteiger partial charge in [0.05, 0.1) is 12.6 Å². The van der Waals surface area contributed by atoms with Crippen LogP contribution in [-0.4, -0.2) is 47.9 Å². The summed E-state index contributed by atoms with van der Waals surface area (Å²) < 4.78 is 0. The molecule has 0 aromatic carbocycles. The van der Waals surface area contributed by atoms with Crippen LogP contribution in [0.25, 0.3) is 0 Å². The third-order valence-corrected chi connectivity index (χ3v) is 2.84. The van der Waals surface area contributed by atoms with Gasteiger partial charge in [-0.05, 0) is 24.3 Å². The number of hydrogen-bond donors (Lipinski definition) is 2. The molecule has 0 spiro atoms. The number of hydrogen-bond acceptors (Lipinski definition) is 4. The normalized spacial score (nSPS) is 12.5. The van der Waals surface area contributed by atoms with Gasteiger partial charge >= 0.3 is 0 Å². The third-order valence-electron chi connectivity index (χ3n) is 2.19. The molecule has 0 heterocycles. The van der Waals surface area contributed by atoms with E-state index in [0.717, 1.165) is 5.75 Å². The van der Waals surface area contributed by atoms with E-state index in [0.29, 0.717) is 13.0 Å². The molecule has 0 aliphatic carbocycles. The van der Waals surface area contributed by atoms with Crippen LogP contribution in [0, 0.1) is 5.92 Å². The second-order valence-electron chi connectivity index (χ2n) is 4.47. The van der Waals surface area contributed by atoms with E-state index in [-0.39, 0.29) is 18.4 Å². The largest absolute Gasteiger partial charge is 0.368 e. The summed E-state index contributed by atoms with van der Waals surface area (Å²) in [6, 6.07) is -0.541. The van der Waals surface area contributed by atoms with Gasteiger partial charge in [0.2, 0.25) is 11.8 Å². The fourth-order valence-electron chi connectivity index (χ4n) is 1.46. The minimum atomic E-state index is -0.541. The Kier molecular flexibility index (Phi) is 7.99. The van der Waals surface area contributed by atoms with Gasteiger partial charge in [-0.3, -0.25) is 9.59 Å². The second kappa shape index (κ2) is 8.36. The van der Waals surface area contributed by atoms with Crippen molar-refractivity contribution in [3.05, 3.63) is 0 Å². The quantitative estimate of drug-likeness (QED) is 0.645. The van der Waals surface area contributed by atoms with Crippen molar-refractivity contribution in [1.29, 1.82) is 0 Å². The molecule has 5 nitrogen and oxygen atoms in total. The smallest absolute Gasteiger partial charge is 0.239 e. The maximum atomic E-state index is 12.0. The molecular weight excluding hydrogens is 238 g/mol. The molecule has 0 aliphatic heterocycles. The van der Waals surface area contributed by atoms with E-state index in [1.54, 1.807) is 11.8 Å². The molecule has 0 saturated heterocycles. The standard InChI is InChI=1S/C11H23N3O2S/c1-8(2)6-14(7-10(13)15)11(16)9(12)4-5-17-3/h8-9H,4-7,12H2,1-3H3,(H2,13,15)/t9-/m1/s1. The van der Waals surface area contributed by atoms with E-state index in [1.165, 1.54) is 4.90 Å². The maximum absolute atomic E-state index is 12.0. The number of thioether (sulfide) groups is 1. The summed E-state index contributed by atoms with van der Waals surface area (Å²) in [7, 11) is 0. The molecule has 0 saturated carbocycles. The van der Waals surface area contributed by atoms with Crippen molar-refractivity contribution in [2.45, 2.75) is 26.3 Å². The molecule has 100 valence electrons. The van der Waals surface area contributed by atoms with Crippen molar-refractivity contribution in [1.82, 2.24) is 4.90 Å². The van der Waals surface area contributed by atoms with E-state index in [1.807, 2.05) is 20.1 Å². The Balaban J connectivity index is 4.44. The predicted molar refractivity (Wildman–Crippen MR) is 71.6 cm³/mol. The Labute approximate surface area is 107 Å². The maximum Gasteiger partial charge on any atom is 0.239 e. The number of primary amides is 1. The van der Waals surface area contributed by atoms with E-state index in [2.05, 4.69) is 0 Å². The summed E-state index contributed by atoms with van der Waals surface area (Å²) in [5.74, 6) is 0.424. The molecule has 1 atom stereocenters. The summed E-state index contributed by atoms with van der Waals surface area (Å²) in [5, 5.41) is 0. The molecule has 0 bridgehead atoms. The van der Waals surface area contributed by atoms with Gasteiger partial charge in [0, 0.05) is 6.54 Å². The van der Waals surface area contributed by atoms with Gasteiger partial charge < -0.3 is 16.4 Å². The Bertz CT molecular complexity index is 259. The first-order valence-corrected chi connectivity index (χ1v) is 7.09. The first kappa shape index (κ1) is 16.2. The lowest BCUT2D eigenvalue weighted by molar-refractivity contribution is -0.136. The molecule has 0 aromatic heterocycles. The highest BCUT2D eigenvalue weighted by Crippen LogP contribution is 2.05. The summed E-state index contributed by atoms with van der Waals surface area (Å²) in [4.78, 5) is 24.4. The average molecular weight is 261 g/mol. The molecule has 4 N–H and O–H groups in total. The van der Waals surface area contributed by atoms with E-state index >= 15 is 0 Å². The van der Waals surface area contributed by atoms with Crippen molar-refractivity contribution >= 4 is 23.6 Å². The van der Waals surface area contributed by atoms with Gasteiger partial charge in [0.15, 0.2) is 0 Å². The third kappa shape index (κ3) is 7.23. The fourth-order valence-corrected chi connectivity index (χ4v) is 1.95. The van der Waals surface area contributed by atoms with Crippen molar-refractivity contribution in [3.63, 3.8) is 0 Å². The van der Waals surface area contributed by atoms with Gasteiger partial charge in [-0.15, -0.1) is 0 Å². The molecule has 0 fully saturated rings. The molecular formula is C11H23N3O2S. The topological polar surface area (TPSA) is 89.4 Å². The van der Waals surface area contributed by atoms with Crippen LogP contribution in [0.5, 0.6) is 0 Å². The summed E-state index contributed by atoms with van der Waals surface area (Å²) in [6.45, 7) is 4.42. The lowest BCUT2D eigenvalue weighted by Gasteiger charge is -2.26. The van der Waals surface area contributed by atoms with Crippen LogP contribution < -0.4 is 11.5 Å². The van der Waals surface area contributed by atoms with Crippen molar-refractivity contribution in [3.8, 4) is 0 Å². The van der Waals surface area contributed by atoms with Crippen LogP contribution in [0.3, 0.4) is 0 Å². The molecule has 0 rings (SSSR count). The highest BCUT2D eigenvalue weighted by molar-refractivity contribution is 7.98. The molecule has 0 aliphatic rings. The molecule has 17 heavy (non-hydrogen) atoms. The van der Waals surface area contributed by atoms with Gasteiger partial charge in [0.25, 0.3) is 0 Å². The zero-order chi connectivity index (χ0) is 13.4. The zero-order valence-corrected chi connectivity index (χ0v) is 11.6. The van der Waals surface area contributed by atoms with Crippen molar-refractivity contribution in [2.24, 2.45) is 17.4 Å². The lowest BCUT2D eigenvalue weighted by Crippen LogP contribution is -2.48. The molecule has 6 heteroatoms. The van der Waals surface area contributed by atoms with Crippen LogP contribution in [0.4, 0.5) is 0 Å². The molecule has 0 unspecified atom stereocenters. The Morgan fingerprint density at radius 1 is 1.35 bits per heavy atom. The van der Waals surface area contributed by atoms with Crippen LogP contribution >= 0.6 is 11.8 Å². The first-order chi connectivity index (χ1) is 7.88. The van der Waals surface area contributed by atoms with Crippen molar-refractivity contribution in [2.75, 3.05) is 25.1 Å². The summed E-state index contributed by atoms with van der Waals surface area (Å²) >= 11 is 1.64. The number of amides is 2. The van der Waals surface area contributed by atoms with E-state index < -0.39 is 11.9 Å². The lowest BCUT2D eigenvalue weighted by atomic mass is 10.1. The van der Waals surface area contributed by atoms with Gasteiger partial charge in [-0.25, -0.2) is 0 Å². The van der Waals surface area contributed by atoms with Crippen LogP contribution in [0.15, 0.2) is 0 Å². The molecule has 0 radical (unpaired) electrons. The van der Waals surface area contributed by atoms with Gasteiger partial charge in [0.1, 0.15) is 0 Å². The van der Waals surface area contributed by atoms with Crippen LogP contribution in [0.2, 0.25) is 0 Å². The minimum absolute atomic E-state index is 0.0516. The highest BCUT2D eigenvalue weighted by atomic mass is 32.2. The zero-order valence-electron chi connectivity index (χ0n) is 10.8. The van der Waals surface area contributed by atoms with Crippen molar-refractivity contribution < 1.29 is 9.59 Å². The van der Waals surface area contributed by atoms with E-state index in [9.17, 15) is 9.59 Å². The number of carbonyl (C=O) groups is 2. The number of nitrogens with zero attached hydrogens (tertiary/aromatic N) is 1. The van der Waals surface area contributed by atoms with Gasteiger partial charge in [-0.2, -0.15) is 11.8 Å². The van der Waals surface area contributed by atoms with Crippen LogP contribution in [-0.2, 0) is 9.59 Å². The Morgan fingerprint density at radius 2 is 1.94 bits per heavy atom. The first-order valence-electron chi connectivity index (χ1n) is 5.70. The van der Waals surface area contributed by atoms with Gasteiger partial charge in [-0.1, -0.05) is 13.8 Å². The summed E-state index contributed by atoms with van der Waals surface area (Å²) in [5.41, 5.74) is 10.9. The second-order valence-corrected chi connectivity index (χ2v) is 5.45. The molecule has 2 amide bonds. The monoisotopic (exact) mass is 261 g/mol. The predicted octanol–water partition coefficient (Wildman–Crippen LogP) is 0.0367. The minimum Gasteiger partial charge on any atom is -0.368 e. The Morgan fingerprint density at radius 3 is 2.35 bits per heavy atom. The number of rotatable bonds is 8. The molecule has 0 aromatic rings. The number of carbonyl (C=O) groups excluding carboxylic acids is 2. The van der Waals surface area contributed by atoms with E-state index in [4.69, 9.17) is 11.5 Å².